The fourth-order valence-electron chi connectivity index (χ4n) is 1.92. The summed E-state index contributed by atoms with van der Waals surface area (Å²) in [5, 5.41) is 5.19. The van der Waals surface area contributed by atoms with E-state index in [4.69, 9.17) is 5.73 Å². The molecule has 0 heterocycles. The molecule has 0 unspecified atom stereocenters. The normalized spacial score (nSPS) is 10.1. The summed E-state index contributed by atoms with van der Waals surface area (Å²) in [5.74, 6) is -0.633. The summed E-state index contributed by atoms with van der Waals surface area (Å²) < 4.78 is 13.0. The van der Waals surface area contributed by atoms with Gasteiger partial charge in [0.2, 0.25) is 0 Å². The van der Waals surface area contributed by atoms with Crippen LogP contribution < -0.4 is 16.4 Å². The average molecular weight is 301 g/mol. The van der Waals surface area contributed by atoms with Crippen molar-refractivity contribution in [2.75, 3.05) is 5.32 Å². The Hall–Kier alpha value is -2.89. The highest BCUT2D eigenvalue weighted by molar-refractivity contribution is 6.04. The third-order valence-electron chi connectivity index (χ3n) is 3.12. The molecule has 0 bridgehead atoms. The van der Waals surface area contributed by atoms with Crippen LogP contribution >= 0.6 is 0 Å². The molecule has 0 aliphatic carbocycles. The summed E-state index contributed by atoms with van der Waals surface area (Å²) in [4.78, 5) is 22.8. The number of primary amides is 1. The Bertz CT molecular complexity index is 699. The third kappa shape index (κ3) is 4.05. The molecular formula is C16H16FN3O2. The first kappa shape index (κ1) is 15.5. The van der Waals surface area contributed by atoms with E-state index in [2.05, 4.69) is 10.6 Å². The molecule has 5 nitrogen and oxygen atoms in total. The molecule has 3 amide bonds. The van der Waals surface area contributed by atoms with Gasteiger partial charge < -0.3 is 16.4 Å². The Labute approximate surface area is 127 Å². The van der Waals surface area contributed by atoms with E-state index in [-0.39, 0.29) is 11.7 Å². The van der Waals surface area contributed by atoms with Crippen molar-refractivity contribution in [1.82, 2.24) is 5.32 Å². The Morgan fingerprint density at radius 3 is 2.41 bits per heavy atom. The Kier molecular flexibility index (Phi) is 4.73. The summed E-state index contributed by atoms with van der Waals surface area (Å²) >= 11 is 0. The maximum Gasteiger partial charge on any atom is 0.312 e. The highest BCUT2D eigenvalue weighted by atomic mass is 19.1. The minimum absolute atomic E-state index is 0.288. The molecule has 0 saturated carbocycles. The number of nitrogens with two attached hydrogens (primary N) is 1. The van der Waals surface area contributed by atoms with Gasteiger partial charge in [0, 0.05) is 17.8 Å². The second kappa shape index (κ2) is 6.71. The minimum atomic E-state index is -0.603. The summed E-state index contributed by atoms with van der Waals surface area (Å²) in [5.41, 5.74) is 7.49. The van der Waals surface area contributed by atoms with E-state index >= 15 is 0 Å². The number of amides is 3. The van der Waals surface area contributed by atoms with Crippen LogP contribution in [0.15, 0.2) is 42.5 Å². The molecule has 22 heavy (non-hydrogen) atoms. The number of anilines is 1. The highest BCUT2D eigenvalue weighted by Crippen LogP contribution is 2.17. The van der Waals surface area contributed by atoms with Gasteiger partial charge in [0.15, 0.2) is 0 Å². The minimum Gasteiger partial charge on any atom is -0.352 e. The third-order valence-corrected chi connectivity index (χ3v) is 3.12. The number of hydrogen-bond donors (Lipinski definition) is 3. The first-order valence-corrected chi connectivity index (χ1v) is 6.65. The Morgan fingerprint density at radius 2 is 1.82 bits per heavy atom. The van der Waals surface area contributed by atoms with Crippen LogP contribution in [0.5, 0.6) is 0 Å². The smallest absolute Gasteiger partial charge is 0.312 e. The number of rotatable bonds is 4. The van der Waals surface area contributed by atoms with E-state index in [1.54, 1.807) is 31.2 Å². The number of nitrogens with one attached hydrogen (secondary N) is 2. The summed E-state index contributed by atoms with van der Waals surface area (Å²) in [6.45, 7) is 2.02. The second-order valence-electron chi connectivity index (χ2n) is 4.83. The molecule has 0 aromatic heterocycles. The first-order valence-electron chi connectivity index (χ1n) is 6.65. The van der Waals surface area contributed by atoms with Gasteiger partial charge in [0.25, 0.3) is 5.91 Å². The molecule has 0 fully saturated rings. The summed E-state index contributed by atoms with van der Waals surface area (Å²) in [6.07, 6.45) is 0. The van der Waals surface area contributed by atoms with Gasteiger partial charge in [-0.3, -0.25) is 4.79 Å². The molecule has 0 atom stereocenters. The molecule has 0 spiro atoms. The summed E-state index contributed by atoms with van der Waals surface area (Å²) in [6, 6.07) is 10.3. The molecule has 0 aliphatic heterocycles. The zero-order chi connectivity index (χ0) is 16.1. The maximum atomic E-state index is 13.0. The van der Waals surface area contributed by atoms with E-state index in [1.165, 1.54) is 18.2 Å². The molecule has 114 valence electrons. The van der Waals surface area contributed by atoms with Gasteiger partial charge in [-0.05, 0) is 48.4 Å². The molecule has 2 aromatic carbocycles. The number of hydrogen-bond acceptors (Lipinski definition) is 2. The van der Waals surface area contributed by atoms with Crippen molar-refractivity contribution in [3.63, 3.8) is 0 Å². The van der Waals surface area contributed by atoms with Gasteiger partial charge in [-0.1, -0.05) is 12.1 Å². The number of carbonyl (C=O) groups is 2. The van der Waals surface area contributed by atoms with Crippen LogP contribution in [0.25, 0.3) is 0 Å². The lowest BCUT2D eigenvalue weighted by atomic mass is 10.1. The van der Waals surface area contributed by atoms with Crippen LogP contribution in [0, 0.1) is 12.7 Å². The van der Waals surface area contributed by atoms with Crippen LogP contribution in [0.1, 0.15) is 21.5 Å². The van der Waals surface area contributed by atoms with Crippen LogP contribution in [0.2, 0.25) is 0 Å². The van der Waals surface area contributed by atoms with E-state index in [0.29, 0.717) is 23.4 Å². The lowest BCUT2D eigenvalue weighted by Crippen LogP contribution is -2.28. The molecule has 6 heteroatoms. The van der Waals surface area contributed by atoms with Gasteiger partial charge in [-0.15, -0.1) is 0 Å². The number of urea groups is 1. The van der Waals surface area contributed by atoms with Crippen LogP contribution in [-0.4, -0.2) is 11.9 Å². The van der Waals surface area contributed by atoms with E-state index in [9.17, 15) is 14.0 Å². The molecule has 0 saturated heterocycles. The molecule has 4 N–H and O–H groups in total. The van der Waals surface area contributed by atoms with Gasteiger partial charge in [0.05, 0.1) is 0 Å². The first-order chi connectivity index (χ1) is 10.5. The van der Waals surface area contributed by atoms with Crippen LogP contribution in [0.4, 0.5) is 14.9 Å². The van der Waals surface area contributed by atoms with Gasteiger partial charge >= 0.3 is 6.03 Å². The highest BCUT2D eigenvalue weighted by Gasteiger charge is 2.08. The largest absolute Gasteiger partial charge is 0.352 e. The molecule has 0 radical (unpaired) electrons. The van der Waals surface area contributed by atoms with E-state index in [0.717, 1.165) is 5.56 Å². The summed E-state index contributed by atoms with van der Waals surface area (Å²) in [7, 11) is 0. The van der Waals surface area contributed by atoms with Gasteiger partial charge in [-0.25, -0.2) is 9.18 Å². The fraction of sp³-hybridized carbons (Fsp3) is 0.125. The van der Waals surface area contributed by atoms with Crippen molar-refractivity contribution >= 4 is 17.6 Å². The van der Waals surface area contributed by atoms with Gasteiger partial charge in [0.1, 0.15) is 5.82 Å². The number of benzene rings is 2. The zero-order valence-electron chi connectivity index (χ0n) is 12.0. The van der Waals surface area contributed by atoms with Crippen molar-refractivity contribution in [3.05, 3.63) is 65.0 Å². The lowest BCUT2D eigenvalue weighted by molar-refractivity contribution is 0.102. The molecule has 2 aromatic rings. The Balaban J connectivity index is 2.04. The van der Waals surface area contributed by atoms with Crippen molar-refractivity contribution in [3.8, 4) is 0 Å². The predicted octanol–water partition coefficient (Wildman–Crippen LogP) is 2.55. The van der Waals surface area contributed by atoms with Crippen LogP contribution in [-0.2, 0) is 6.54 Å². The van der Waals surface area contributed by atoms with Crippen molar-refractivity contribution in [2.45, 2.75) is 13.5 Å². The number of halogens is 1. The molecule has 0 aliphatic rings. The van der Waals surface area contributed by atoms with Crippen molar-refractivity contribution in [2.24, 2.45) is 5.73 Å². The van der Waals surface area contributed by atoms with E-state index in [1.807, 2.05) is 0 Å². The second-order valence-corrected chi connectivity index (χ2v) is 4.83. The standard InChI is InChI=1S/C16H16FN3O2/c1-10-8-13(17)6-7-14(10)20-15(21)12-4-2-11(3-5-12)9-19-16(18)22/h2-8H,9H2,1H3,(H,20,21)(H3,18,19,22). The topological polar surface area (TPSA) is 84.2 Å². The zero-order valence-corrected chi connectivity index (χ0v) is 12.0. The van der Waals surface area contributed by atoms with Gasteiger partial charge in [-0.2, -0.15) is 0 Å². The molecule has 2 rings (SSSR count). The number of carbonyl (C=O) groups excluding carboxylic acids is 2. The monoisotopic (exact) mass is 301 g/mol. The predicted molar refractivity (Wildman–Crippen MR) is 82.0 cm³/mol. The average Bonchev–Trinajstić information content (AvgIpc) is 2.48. The van der Waals surface area contributed by atoms with Crippen molar-refractivity contribution < 1.29 is 14.0 Å². The molecular weight excluding hydrogens is 285 g/mol. The maximum absolute atomic E-state index is 13.0. The van der Waals surface area contributed by atoms with Crippen molar-refractivity contribution in [1.29, 1.82) is 0 Å². The lowest BCUT2D eigenvalue weighted by Gasteiger charge is -2.09. The SMILES string of the molecule is Cc1cc(F)ccc1NC(=O)c1ccc(CNC(N)=O)cc1. The quantitative estimate of drug-likeness (QED) is 0.811. The number of aryl methyl sites for hydroxylation is 1. The van der Waals surface area contributed by atoms with Crippen LogP contribution in [0.3, 0.4) is 0 Å². The Morgan fingerprint density at radius 1 is 1.14 bits per heavy atom. The fourth-order valence-corrected chi connectivity index (χ4v) is 1.92. The van der Waals surface area contributed by atoms with E-state index < -0.39 is 6.03 Å².